The van der Waals surface area contributed by atoms with Crippen LogP contribution in [0.5, 0.6) is 0 Å². The fourth-order valence-corrected chi connectivity index (χ4v) is 1.65. The van der Waals surface area contributed by atoms with Crippen LogP contribution < -0.4 is 11.1 Å². The van der Waals surface area contributed by atoms with Gasteiger partial charge in [-0.05, 0) is 23.1 Å². The standard InChI is InChI=1S/C16H25N3O2.ClH/c1-16(2,3)14(17)15(21)18-12-8-6-11(7-9-12)10-13(20)19(4)5;/h6-9,14H,10,17H2,1-5H3,(H,18,21);1H/t14-;/m1./s1. The summed E-state index contributed by atoms with van der Waals surface area (Å²) in [5, 5.41) is 2.79. The van der Waals surface area contributed by atoms with Gasteiger partial charge >= 0.3 is 0 Å². The molecule has 0 fully saturated rings. The van der Waals surface area contributed by atoms with Crippen LogP contribution in [0.3, 0.4) is 0 Å². The quantitative estimate of drug-likeness (QED) is 0.888. The van der Waals surface area contributed by atoms with Gasteiger partial charge in [-0.15, -0.1) is 12.4 Å². The predicted molar refractivity (Wildman–Crippen MR) is 92.1 cm³/mol. The maximum absolute atomic E-state index is 12.0. The highest BCUT2D eigenvalue weighted by Crippen LogP contribution is 2.19. The van der Waals surface area contributed by atoms with Gasteiger partial charge in [0.25, 0.3) is 0 Å². The molecule has 0 bridgehead atoms. The van der Waals surface area contributed by atoms with Gasteiger partial charge in [0.15, 0.2) is 0 Å². The van der Waals surface area contributed by atoms with Crippen LogP contribution in [0.25, 0.3) is 0 Å². The predicted octanol–water partition coefficient (Wildman–Crippen LogP) is 2.05. The Hall–Kier alpha value is -1.59. The summed E-state index contributed by atoms with van der Waals surface area (Å²) >= 11 is 0. The molecule has 22 heavy (non-hydrogen) atoms. The lowest BCUT2D eigenvalue weighted by molar-refractivity contribution is -0.128. The molecule has 0 saturated heterocycles. The molecule has 1 aromatic rings. The molecule has 1 rings (SSSR count). The van der Waals surface area contributed by atoms with Gasteiger partial charge in [-0.1, -0.05) is 32.9 Å². The number of hydrogen-bond acceptors (Lipinski definition) is 3. The Balaban J connectivity index is 0.00000441. The van der Waals surface area contributed by atoms with E-state index < -0.39 is 6.04 Å². The Bertz CT molecular complexity index is 507. The monoisotopic (exact) mass is 327 g/mol. The highest BCUT2D eigenvalue weighted by Gasteiger charge is 2.27. The van der Waals surface area contributed by atoms with E-state index in [0.717, 1.165) is 5.56 Å². The Labute approximate surface area is 138 Å². The van der Waals surface area contributed by atoms with Crippen LogP contribution in [0.4, 0.5) is 5.69 Å². The van der Waals surface area contributed by atoms with E-state index in [1.54, 1.807) is 31.1 Å². The largest absolute Gasteiger partial charge is 0.349 e. The lowest BCUT2D eigenvalue weighted by Crippen LogP contribution is -2.45. The molecule has 0 aliphatic carbocycles. The van der Waals surface area contributed by atoms with Crippen molar-refractivity contribution in [2.75, 3.05) is 19.4 Å². The number of nitrogens with two attached hydrogens (primary N) is 1. The van der Waals surface area contributed by atoms with Gasteiger partial charge in [0.2, 0.25) is 11.8 Å². The minimum Gasteiger partial charge on any atom is -0.349 e. The normalized spacial score (nSPS) is 12.1. The molecule has 2 amide bonds. The minimum absolute atomic E-state index is 0. The second kappa shape index (κ2) is 8.15. The Morgan fingerprint density at radius 3 is 2.09 bits per heavy atom. The average molecular weight is 328 g/mol. The van der Waals surface area contributed by atoms with E-state index in [9.17, 15) is 9.59 Å². The van der Waals surface area contributed by atoms with Crippen LogP contribution in [0, 0.1) is 5.41 Å². The lowest BCUT2D eigenvalue weighted by atomic mass is 9.87. The van der Waals surface area contributed by atoms with Crippen LogP contribution in [0.2, 0.25) is 0 Å². The molecule has 0 aliphatic heterocycles. The first kappa shape index (κ1) is 20.4. The van der Waals surface area contributed by atoms with E-state index in [4.69, 9.17) is 5.73 Å². The van der Waals surface area contributed by atoms with Crippen LogP contribution in [0.15, 0.2) is 24.3 Å². The van der Waals surface area contributed by atoms with Crippen molar-refractivity contribution in [2.24, 2.45) is 11.1 Å². The molecule has 0 radical (unpaired) electrons. The van der Waals surface area contributed by atoms with Crippen molar-refractivity contribution in [1.82, 2.24) is 4.90 Å². The number of anilines is 1. The summed E-state index contributed by atoms with van der Waals surface area (Å²) in [5.74, 6) is -0.166. The number of likely N-dealkylation sites (N-methyl/N-ethyl adjacent to an activating group) is 1. The zero-order valence-corrected chi connectivity index (χ0v) is 14.7. The number of amides is 2. The second-order valence-corrected chi connectivity index (χ2v) is 6.49. The van der Waals surface area contributed by atoms with Crippen LogP contribution >= 0.6 is 12.4 Å². The summed E-state index contributed by atoms with van der Waals surface area (Å²) in [5.41, 5.74) is 7.21. The Kier molecular flexibility index (Phi) is 7.56. The van der Waals surface area contributed by atoms with Crippen molar-refractivity contribution in [1.29, 1.82) is 0 Å². The fourth-order valence-electron chi connectivity index (χ4n) is 1.65. The van der Waals surface area contributed by atoms with Crippen molar-refractivity contribution in [2.45, 2.75) is 33.2 Å². The number of carbonyl (C=O) groups excluding carboxylic acids is 2. The number of halogens is 1. The van der Waals surface area contributed by atoms with Gasteiger partial charge in [0.05, 0.1) is 12.5 Å². The molecule has 0 aromatic heterocycles. The first-order valence-electron chi connectivity index (χ1n) is 6.97. The molecule has 3 N–H and O–H groups in total. The first-order chi connectivity index (χ1) is 9.61. The molecular formula is C16H26ClN3O2. The second-order valence-electron chi connectivity index (χ2n) is 6.49. The lowest BCUT2D eigenvalue weighted by Gasteiger charge is -2.25. The SMILES string of the molecule is CN(C)C(=O)Cc1ccc(NC(=O)[C@@H](N)C(C)(C)C)cc1.Cl. The number of nitrogens with zero attached hydrogens (tertiary/aromatic N) is 1. The molecule has 0 heterocycles. The van der Waals surface area contributed by atoms with E-state index in [1.165, 1.54) is 0 Å². The summed E-state index contributed by atoms with van der Waals surface area (Å²) in [6.07, 6.45) is 0.350. The van der Waals surface area contributed by atoms with E-state index in [-0.39, 0.29) is 29.6 Å². The number of rotatable bonds is 4. The van der Waals surface area contributed by atoms with Crippen LogP contribution in [0.1, 0.15) is 26.3 Å². The molecule has 124 valence electrons. The summed E-state index contributed by atoms with van der Waals surface area (Å²) in [6, 6.07) is 6.66. The first-order valence-corrected chi connectivity index (χ1v) is 6.97. The zero-order chi connectivity index (χ0) is 16.2. The Morgan fingerprint density at radius 2 is 1.68 bits per heavy atom. The van der Waals surface area contributed by atoms with Gasteiger partial charge < -0.3 is 16.0 Å². The highest BCUT2D eigenvalue weighted by atomic mass is 35.5. The maximum atomic E-state index is 12.0. The zero-order valence-electron chi connectivity index (χ0n) is 13.8. The topological polar surface area (TPSA) is 75.4 Å². The van der Waals surface area contributed by atoms with E-state index in [0.29, 0.717) is 12.1 Å². The average Bonchev–Trinajstić information content (AvgIpc) is 2.38. The highest BCUT2D eigenvalue weighted by molar-refractivity contribution is 5.95. The van der Waals surface area contributed by atoms with E-state index in [1.807, 2.05) is 32.9 Å². The summed E-state index contributed by atoms with van der Waals surface area (Å²) in [4.78, 5) is 25.2. The summed E-state index contributed by atoms with van der Waals surface area (Å²) in [6.45, 7) is 5.77. The van der Waals surface area contributed by atoms with Gasteiger partial charge in [-0.3, -0.25) is 9.59 Å². The van der Waals surface area contributed by atoms with Crippen molar-refractivity contribution in [3.8, 4) is 0 Å². The van der Waals surface area contributed by atoms with E-state index >= 15 is 0 Å². The van der Waals surface area contributed by atoms with Crippen LogP contribution in [-0.4, -0.2) is 36.9 Å². The molecule has 0 aliphatic rings. The van der Waals surface area contributed by atoms with E-state index in [2.05, 4.69) is 5.32 Å². The van der Waals surface area contributed by atoms with Crippen molar-refractivity contribution >= 4 is 29.9 Å². The van der Waals surface area contributed by atoms with Crippen molar-refractivity contribution < 1.29 is 9.59 Å². The van der Waals surface area contributed by atoms with Gasteiger partial charge in [0, 0.05) is 19.8 Å². The summed E-state index contributed by atoms with van der Waals surface area (Å²) < 4.78 is 0. The number of hydrogen-bond donors (Lipinski definition) is 2. The molecule has 6 heteroatoms. The summed E-state index contributed by atoms with van der Waals surface area (Å²) in [7, 11) is 3.45. The molecule has 1 aromatic carbocycles. The van der Waals surface area contributed by atoms with Gasteiger partial charge in [0.1, 0.15) is 0 Å². The van der Waals surface area contributed by atoms with Crippen LogP contribution in [-0.2, 0) is 16.0 Å². The molecule has 0 saturated carbocycles. The van der Waals surface area contributed by atoms with Gasteiger partial charge in [-0.25, -0.2) is 0 Å². The van der Waals surface area contributed by atoms with Crippen molar-refractivity contribution in [3.63, 3.8) is 0 Å². The third-order valence-electron chi connectivity index (χ3n) is 3.29. The molecule has 0 spiro atoms. The number of nitrogens with one attached hydrogen (secondary N) is 1. The number of benzene rings is 1. The number of carbonyl (C=O) groups is 2. The van der Waals surface area contributed by atoms with Gasteiger partial charge in [-0.2, -0.15) is 0 Å². The molecular weight excluding hydrogens is 302 g/mol. The van der Waals surface area contributed by atoms with Crippen molar-refractivity contribution in [3.05, 3.63) is 29.8 Å². The molecule has 5 nitrogen and oxygen atoms in total. The fraction of sp³-hybridized carbons (Fsp3) is 0.500. The third-order valence-corrected chi connectivity index (χ3v) is 3.29. The Morgan fingerprint density at radius 1 is 1.18 bits per heavy atom. The smallest absolute Gasteiger partial charge is 0.241 e. The maximum Gasteiger partial charge on any atom is 0.241 e. The minimum atomic E-state index is -0.576. The third kappa shape index (κ3) is 6.03. The molecule has 0 unspecified atom stereocenters. The molecule has 1 atom stereocenters.